The van der Waals surface area contributed by atoms with Crippen LogP contribution in [0.5, 0.6) is 5.75 Å². The number of ether oxygens (including phenoxy) is 2. The number of nitriles is 1. The highest BCUT2D eigenvalue weighted by molar-refractivity contribution is 7.21. The van der Waals surface area contributed by atoms with Crippen molar-refractivity contribution < 1.29 is 14.3 Å². The summed E-state index contributed by atoms with van der Waals surface area (Å²) in [7, 11) is 0. The quantitative estimate of drug-likeness (QED) is 0.181. The fourth-order valence-electron chi connectivity index (χ4n) is 5.31. The highest BCUT2D eigenvalue weighted by Crippen LogP contribution is 2.34. The largest absolute Gasteiger partial charge is 0.489 e. The number of carbonyl (C=O) groups is 1. The molecule has 0 unspecified atom stereocenters. The molecule has 1 atom stereocenters. The number of aryl methyl sites for hydroxylation is 1. The molecule has 3 heterocycles. The lowest BCUT2D eigenvalue weighted by molar-refractivity contribution is -0.129. The Morgan fingerprint density at radius 1 is 1.06 bits per heavy atom. The van der Waals surface area contributed by atoms with Crippen molar-refractivity contribution in [3.8, 4) is 16.8 Å². The van der Waals surface area contributed by atoms with Gasteiger partial charge in [-0.15, -0.1) is 4.80 Å². The van der Waals surface area contributed by atoms with Crippen molar-refractivity contribution in [3.05, 3.63) is 105 Å². The van der Waals surface area contributed by atoms with Crippen LogP contribution < -0.4 is 21.3 Å². The fourth-order valence-corrected chi connectivity index (χ4v) is 6.53. The predicted octanol–water partition coefficient (Wildman–Crippen LogP) is 4.62. The molecule has 0 spiro atoms. The Morgan fingerprint density at radius 2 is 1.74 bits per heavy atom. The van der Waals surface area contributed by atoms with E-state index in [1.54, 1.807) is 20.8 Å². The minimum atomic E-state index is -1.54. The Labute approximate surface area is 275 Å². The molecule has 1 amide bonds. The average Bonchev–Trinajstić information content (AvgIpc) is 3.70. The third kappa shape index (κ3) is 6.89. The predicted molar refractivity (Wildman–Crippen MR) is 179 cm³/mol. The van der Waals surface area contributed by atoms with Gasteiger partial charge >= 0.3 is 5.69 Å². The topological polar surface area (TPSA) is 146 Å². The highest BCUT2D eigenvalue weighted by atomic mass is 32.1. The summed E-state index contributed by atoms with van der Waals surface area (Å²) < 4.78 is 15.0. The third-order valence-corrected chi connectivity index (χ3v) is 8.99. The number of rotatable bonds is 13. The number of carbonyl (C=O) groups excluding carboxylic acids is 1. The summed E-state index contributed by atoms with van der Waals surface area (Å²) in [6, 6.07) is 19.0. The number of thiophene rings is 1. The van der Waals surface area contributed by atoms with Crippen molar-refractivity contribution in [2.75, 3.05) is 6.61 Å². The van der Waals surface area contributed by atoms with Gasteiger partial charge in [0.05, 0.1) is 43.4 Å². The number of para-hydroxylation sites is 1. The van der Waals surface area contributed by atoms with Crippen LogP contribution in [0.2, 0.25) is 0 Å². The molecule has 0 radical (unpaired) electrons. The monoisotopic (exact) mass is 655 g/mol. The molecule has 0 saturated carbocycles. The van der Waals surface area contributed by atoms with E-state index in [0.29, 0.717) is 33.3 Å². The number of hydrogen-bond acceptors (Lipinski definition) is 9. The van der Waals surface area contributed by atoms with Gasteiger partial charge in [-0.1, -0.05) is 59.9 Å². The van der Waals surface area contributed by atoms with Crippen molar-refractivity contribution in [1.82, 2.24) is 29.4 Å². The van der Waals surface area contributed by atoms with Crippen LogP contribution in [0, 0.1) is 18.3 Å². The van der Waals surface area contributed by atoms with Gasteiger partial charge in [0.2, 0.25) is 5.91 Å². The van der Waals surface area contributed by atoms with Gasteiger partial charge in [-0.2, -0.15) is 15.5 Å². The molecule has 0 fully saturated rings. The second-order valence-electron chi connectivity index (χ2n) is 11.8. The minimum absolute atomic E-state index is 0.0411. The highest BCUT2D eigenvalue weighted by Gasteiger charge is 2.36. The van der Waals surface area contributed by atoms with E-state index in [-0.39, 0.29) is 31.0 Å². The first-order valence-electron chi connectivity index (χ1n) is 15.3. The first-order valence-corrected chi connectivity index (χ1v) is 16.1. The van der Waals surface area contributed by atoms with Crippen LogP contribution >= 0.6 is 11.3 Å². The van der Waals surface area contributed by atoms with E-state index in [2.05, 4.69) is 21.6 Å². The van der Waals surface area contributed by atoms with Crippen LogP contribution in [0.4, 0.5) is 0 Å². The van der Waals surface area contributed by atoms with E-state index in [1.165, 1.54) is 33.1 Å². The number of amides is 1. The van der Waals surface area contributed by atoms with Crippen molar-refractivity contribution in [3.63, 3.8) is 0 Å². The van der Waals surface area contributed by atoms with Crippen LogP contribution in [-0.4, -0.2) is 42.7 Å². The number of benzene rings is 2. The zero-order valence-electron chi connectivity index (χ0n) is 27.0. The van der Waals surface area contributed by atoms with Crippen LogP contribution in [-0.2, 0) is 28.2 Å². The first kappa shape index (κ1) is 33.3. The summed E-state index contributed by atoms with van der Waals surface area (Å²) in [6.45, 7) is 8.86. The summed E-state index contributed by atoms with van der Waals surface area (Å²) in [4.78, 5) is 44.0. The van der Waals surface area contributed by atoms with Crippen molar-refractivity contribution >= 4 is 27.5 Å². The Balaban J connectivity index is 1.69. The minimum Gasteiger partial charge on any atom is -0.489 e. The Kier molecular flexibility index (Phi) is 10.0. The van der Waals surface area contributed by atoms with Crippen LogP contribution in [0.15, 0.2) is 76.6 Å². The van der Waals surface area contributed by atoms with Gasteiger partial charge in [-0.3, -0.25) is 14.2 Å². The molecule has 47 heavy (non-hydrogen) atoms. The fraction of sp³-hybridized carbons (Fsp3) is 0.353. The van der Waals surface area contributed by atoms with Gasteiger partial charge in [0.15, 0.2) is 0 Å². The molecule has 0 bridgehead atoms. The van der Waals surface area contributed by atoms with Crippen molar-refractivity contribution in [1.29, 1.82) is 5.26 Å². The van der Waals surface area contributed by atoms with E-state index >= 15 is 0 Å². The molecule has 0 aliphatic carbocycles. The zero-order chi connectivity index (χ0) is 33.7. The van der Waals surface area contributed by atoms with Gasteiger partial charge in [0.25, 0.3) is 5.56 Å². The van der Waals surface area contributed by atoms with E-state index in [1.807, 2.05) is 68.4 Å². The first-order chi connectivity index (χ1) is 22.5. The van der Waals surface area contributed by atoms with E-state index in [4.69, 9.17) is 9.47 Å². The maximum atomic E-state index is 14.5. The lowest BCUT2D eigenvalue weighted by Gasteiger charge is -2.28. The second kappa shape index (κ2) is 14.1. The molecule has 3 aromatic heterocycles. The normalized spacial score (nSPS) is 12.3. The van der Waals surface area contributed by atoms with Gasteiger partial charge in [-0.05, 0) is 46.2 Å². The van der Waals surface area contributed by atoms with Crippen LogP contribution in [0.1, 0.15) is 56.9 Å². The van der Waals surface area contributed by atoms with E-state index in [0.717, 1.165) is 10.1 Å². The van der Waals surface area contributed by atoms with Gasteiger partial charge in [-0.25, -0.2) is 9.36 Å². The third-order valence-electron chi connectivity index (χ3n) is 7.71. The lowest BCUT2D eigenvalue weighted by Crippen LogP contribution is -2.56. The standard InChI is InChI=1S/C34H37N7O5S/c1-22(2)38-32(43)34(4,5)40-29(42)28-23(3)30(41-36-17-18-37-41)47-31(28)39(33(40)44)20-27(45-19-11-16-35)25-14-9-10-15-26(25)46-21-24-12-7-6-8-13-24/h6-10,12-15,17-18,22,27H,11,19-21H2,1-5H3,(H,38,43)/t27-/m0/s1. The lowest BCUT2D eigenvalue weighted by atomic mass is 10.0. The van der Waals surface area contributed by atoms with Gasteiger partial charge in [0.1, 0.15) is 33.8 Å². The summed E-state index contributed by atoms with van der Waals surface area (Å²) in [5, 5.41) is 21.5. The number of nitrogens with zero attached hydrogens (tertiary/aromatic N) is 6. The number of nitrogens with one attached hydrogen (secondary N) is 1. The Morgan fingerprint density at radius 3 is 2.43 bits per heavy atom. The number of hydrogen-bond donors (Lipinski definition) is 1. The summed E-state index contributed by atoms with van der Waals surface area (Å²) in [6.07, 6.45) is 2.42. The van der Waals surface area contributed by atoms with Gasteiger partial charge in [0, 0.05) is 17.2 Å². The SMILES string of the molecule is Cc1c(-n2nccn2)sc2c1c(=O)n(C(C)(C)C(=O)NC(C)C)c(=O)n2C[C@H](OCCC#N)c1ccccc1OCc1ccccc1. The van der Waals surface area contributed by atoms with Crippen LogP contribution in [0.3, 0.4) is 0 Å². The van der Waals surface area contributed by atoms with E-state index < -0.39 is 28.8 Å². The molecule has 5 aromatic rings. The molecule has 2 aromatic carbocycles. The van der Waals surface area contributed by atoms with Gasteiger partial charge < -0.3 is 14.8 Å². The smallest absolute Gasteiger partial charge is 0.333 e. The summed E-state index contributed by atoms with van der Waals surface area (Å²) in [5.74, 6) is 0.0808. The number of fused-ring (bicyclic) bond motifs is 1. The summed E-state index contributed by atoms with van der Waals surface area (Å²) in [5.41, 5.74) is -0.596. The maximum Gasteiger partial charge on any atom is 0.333 e. The molecule has 0 saturated heterocycles. The molecule has 13 heteroatoms. The zero-order valence-corrected chi connectivity index (χ0v) is 27.8. The van der Waals surface area contributed by atoms with Crippen LogP contribution in [0.25, 0.3) is 15.2 Å². The Bertz CT molecular complexity index is 2020. The molecule has 1 N–H and O–H groups in total. The van der Waals surface area contributed by atoms with E-state index in [9.17, 15) is 19.6 Å². The van der Waals surface area contributed by atoms with Crippen molar-refractivity contribution in [2.24, 2.45) is 0 Å². The Hall–Kier alpha value is -5.06. The molecule has 12 nitrogen and oxygen atoms in total. The second-order valence-corrected chi connectivity index (χ2v) is 12.8. The molecule has 0 aliphatic heterocycles. The molecular weight excluding hydrogens is 618 g/mol. The molecule has 0 aliphatic rings. The number of aromatic nitrogens is 5. The van der Waals surface area contributed by atoms with Crippen molar-refractivity contribution in [2.45, 2.75) is 71.9 Å². The average molecular weight is 656 g/mol. The molecular formula is C34H37N7O5S. The summed E-state index contributed by atoms with van der Waals surface area (Å²) >= 11 is 1.20. The maximum absolute atomic E-state index is 14.5. The molecule has 244 valence electrons. The molecule has 5 rings (SSSR count).